The molecule has 0 atom stereocenters. The number of para-hydroxylation sites is 1. The van der Waals surface area contributed by atoms with Gasteiger partial charge in [0.15, 0.2) is 0 Å². The van der Waals surface area contributed by atoms with Crippen LogP contribution in [0.15, 0.2) is 91.4 Å². The third-order valence-corrected chi connectivity index (χ3v) is 9.95. The van der Waals surface area contributed by atoms with Gasteiger partial charge in [-0.05, 0) is 147 Å². The molecule has 5 aromatic rings. The number of likely N-dealkylation sites (tertiary alicyclic amines) is 1. The minimum absolute atomic E-state index is 0. The van der Waals surface area contributed by atoms with E-state index in [1.165, 1.54) is 66.9 Å². The monoisotopic (exact) mass is 702 g/mol. The zero-order valence-corrected chi connectivity index (χ0v) is 31.4. The Hall–Kier alpha value is -3.41. The molecule has 6 rings (SSSR count). The molecule has 0 N–H and O–H groups in total. The predicted molar refractivity (Wildman–Crippen MR) is 210 cm³/mol. The summed E-state index contributed by atoms with van der Waals surface area (Å²) in [7, 11) is 0. The van der Waals surface area contributed by atoms with E-state index in [4.69, 9.17) is 4.98 Å². The largest absolute Gasteiger partial charge is 0.364 e. The molecule has 0 amide bonds. The van der Waals surface area contributed by atoms with Crippen LogP contribution in [0.5, 0.6) is 0 Å². The third kappa shape index (κ3) is 8.98. The van der Waals surface area contributed by atoms with E-state index >= 15 is 0 Å². The number of halogens is 3. The summed E-state index contributed by atoms with van der Waals surface area (Å²) in [6.07, 6.45) is 8.28. The van der Waals surface area contributed by atoms with Crippen LogP contribution in [-0.4, -0.2) is 34.0 Å². The van der Waals surface area contributed by atoms with Crippen LogP contribution in [-0.2, 0) is 13.1 Å². The molecule has 48 heavy (non-hydrogen) atoms. The number of anilines is 1. The molecule has 254 valence electrons. The topological polar surface area (TPSA) is 32.3 Å². The van der Waals surface area contributed by atoms with Crippen molar-refractivity contribution in [2.45, 2.75) is 73.5 Å². The molecule has 1 fully saturated rings. The molecule has 1 aliphatic heterocycles. The Bertz CT molecular complexity index is 1750. The second-order valence-corrected chi connectivity index (χ2v) is 13.1. The van der Waals surface area contributed by atoms with Crippen LogP contribution in [0.4, 0.5) is 5.69 Å². The van der Waals surface area contributed by atoms with E-state index in [-0.39, 0.29) is 37.2 Å². The highest BCUT2D eigenvalue weighted by atomic mass is 35.5. The quantitative estimate of drug-likeness (QED) is 0.161. The fraction of sp³-hybridized carbons (Fsp3) is 0.317. The highest BCUT2D eigenvalue weighted by Gasteiger charge is 2.25. The first-order valence-corrected chi connectivity index (χ1v) is 16.3. The van der Waals surface area contributed by atoms with Crippen molar-refractivity contribution in [3.63, 3.8) is 0 Å². The zero-order valence-electron chi connectivity index (χ0n) is 29.0. The first kappa shape index (κ1) is 39.0. The Morgan fingerprint density at radius 2 is 1.23 bits per heavy atom. The molecular formula is C41H49Cl3N4. The number of aromatic nitrogens is 2. The van der Waals surface area contributed by atoms with E-state index in [1.54, 1.807) is 0 Å². The van der Waals surface area contributed by atoms with Gasteiger partial charge in [0, 0.05) is 67.6 Å². The summed E-state index contributed by atoms with van der Waals surface area (Å²) in [6, 6.07) is 27.3. The molecule has 0 radical (unpaired) electrons. The van der Waals surface area contributed by atoms with Gasteiger partial charge >= 0.3 is 0 Å². The van der Waals surface area contributed by atoms with Gasteiger partial charge < -0.3 is 4.90 Å². The molecule has 0 aliphatic carbocycles. The highest BCUT2D eigenvalue weighted by Crippen LogP contribution is 2.30. The second kappa shape index (κ2) is 17.3. The second-order valence-electron chi connectivity index (χ2n) is 13.1. The molecule has 0 spiro atoms. The van der Waals surface area contributed by atoms with Gasteiger partial charge in [0.25, 0.3) is 0 Å². The summed E-state index contributed by atoms with van der Waals surface area (Å²) in [5, 5.41) is 0. The van der Waals surface area contributed by atoms with Crippen molar-refractivity contribution in [2.24, 2.45) is 0 Å². The van der Waals surface area contributed by atoms with Crippen molar-refractivity contribution in [1.82, 2.24) is 14.9 Å². The number of pyridine rings is 2. The number of piperidine rings is 1. The van der Waals surface area contributed by atoms with E-state index in [2.05, 4.69) is 129 Å². The average Bonchev–Trinajstić information content (AvgIpc) is 3.05. The summed E-state index contributed by atoms with van der Waals surface area (Å²) in [5.41, 5.74) is 16.6. The maximum Gasteiger partial charge on any atom is 0.0705 e. The van der Waals surface area contributed by atoms with Crippen molar-refractivity contribution < 1.29 is 0 Å². The zero-order chi connectivity index (χ0) is 31.5. The number of hydrogen-bond acceptors (Lipinski definition) is 4. The third-order valence-electron chi connectivity index (χ3n) is 9.95. The molecule has 7 heteroatoms. The van der Waals surface area contributed by atoms with E-state index in [9.17, 15) is 0 Å². The fourth-order valence-corrected chi connectivity index (χ4v) is 6.74. The smallest absolute Gasteiger partial charge is 0.0705 e. The molecule has 1 saturated heterocycles. The number of rotatable bonds is 8. The van der Waals surface area contributed by atoms with E-state index in [0.717, 1.165) is 44.7 Å². The van der Waals surface area contributed by atoms with Gasteiger partial charge in [-0.2, -0.15) is 0 Å². The number of benzene rings is 3. The molecule has 0 saturated carbocycles. The van der Waals surface area contributed by atoms with Gasteiger partial charge in [0.2, 0.25) is 0 Å². The maximum atomic E-state index is 4.77. The summed E-state index contributed by atoms with van der Waals surface area (Å²) in [5.74, 6) is 0. The van der Waals surface area contributed by atoms with E-state index < -0.39 is 0 Å². The van der Waals surface area contributed by atoms with Gasteiger partial charge in [0.1, 0.15) is 0 Å². The predicted octanol–water partition coefficient (Wildman–Crippen LogP) is 10.6. The first-order valence-electron chi connectivity index (χ1n) is 16.3. The molecule has 0 unspecified atom stereocenters. The van der Waals surface area contributed by atoms with Crippen molar-refractivity contribution in [3.8, 4) is 22.4 Å². The summed E-state index contributed by atoms with van der Waals surface area (Å²) >= 11 is 0. The Labute approximate surface area is 306 Å². The van der Waals surface area contributed by atoms with Crippen LogP contribution in [0, 0.1) is 41.5 Å². The molecule has 3 aromatic carbocycles. The number of aryl methyl sites for hydroxylation is 4. The summed E-state index contributed by atoms with van der Waals surface area (Å²) in [6.45, 7) is 17.1. The number of hydrogen-bond donors (Lipinski definition) is 0. The van der Waals surface area contributed by atoms with Crippen LogP contribution in [0.1, 0.15) is 57.3 Å². The van der Waals surface area contributed by atoms with Crippen molar-refractivity contribution in [3.05, 3.63) is 136 Å². The van der Waals surface area contributed by atoms with Crippen molar-refractivity contribution in [2.75, 3.05) is 18.0 Å². The minimum atomic E-state index is 0. The van der Waals surface area contributed by atoms with Gasteiger partial charge in [-0.1, -0.05) is 30.3 Å². The Morgan fingerprint density at radius 1 is 0.646 bits per heavy atom. The minimum Gasteiger partial charge on any atom is -0.364 e. The molecular weight excluding hydrogens is 655 g/mol. The van der Waals surface area contributed by atoms with Gasteiger partial charge in [-0.3, -0.25) is 14.9 Å². The highest BCUT2D eigenvalue weighted by molar-refractivity contribution is 5.86. The van der Waals surface area contributed by atoms with Crippen LogP contribution in [0.3, 0.4) is 0 Å². The fourth-order valence-electron chi connectivity index (χ4n) is 6.74. The lowest BCUT2D eigenvalue weighted by Crippen LogP contribution is -2.44. The van der Waals surface area contributed by atoms with Crippen LogP contribution >= 0.6 is 37.2 Å². The van der Waals surface area contributed by atoms with Crippen LogP contribution in [0.25, 0.3) is 22.4 Å². The number of nitrogens with zero attached hydrogens (tertiary/aromatic N) is 4. The Morgan fingerprint density at radius 3 is 1.83 bits per heavy atom. The lowest BCUT2D eigenvalue weighted by atomic mass is 9.96. The van der Waals surface area contributed by atoms with Crippen molar-refractivity contribution in [1.29, 1.82) is 0 Å². The van der Waals surface area contributed by atoms with E-state index in [1.807, 2.05) is 18.6 Å². The van der Waals surface area contributed by atoms with Crippen molar-refractivity contribution >= 4 is 42.9 Å². The normalized spacial score (nSPS) is 13.2. The molecule has 3 heterocycles. The SMILES string of the molecule is Cc1cc(-c2cncc(CN3CCC(N(Cc4ccnc(-c5cc(C)c(C)c(C)c5)c4)c4ccccc4)CC3)c2)cc(C)c1C.Cl.Cl.Cl. The summed E-state index contributed by atoms with van der Waals surface area (Å²) < 4.78 is 0. The maximum absolute atomic E-state index is 4.77. The molecule has 1 aliphatic rings. The lowest BCUT2D eigenvalue weighted by Gasteiger charge is -2.40. The molecule has 0 bridgehead atoms. The average molecular weight is 704 g/mol. The molecule has 2 aromatic heterocycles. The molecule has 4 nitrogen and oxygen atoms in total. The standard InChI is InChI=1S/C41H46N4.3ClH/c1-28-18-36(19-29(2)32(28)5)38-22-35(24-42-25-38)26-44-16-13-40(14-17-44)45(39-10-8-7-9-11-39)27-34-12-15-43-41(23-34)37-20-30(3)33(6)31(4)21-37;;;/h7-12,15,18-25,40H,13-14,16-17,26-27H2,1-6H3;3*1H. The Kier molecular flexibility index (Phi) is 14.1. The van der Waals surface area contributed by atoms with Crippen LogP contribution in [0.2, 0.25) is 0 Å². The summed E-state index contributed by atoms with van der Waals surface area (Å²) in [4.78, 5) is 14.6. The van der Waals surface area contributed by atoms with Gasteiger partial charge in [-0.15, -0.1) is 37.2 Å². The van der Waals surface area contributed by atoms with Gasteiger partial charge in [0.05, 0.1) is 5.69 Å². The van der Waals surface area contributed by atoms with Crippen LogP contribution < -0.4 is 4.90 Å². The Balaban J connectivity index is 0.00000208. The van der Waals surface area contributed by atoms with E-state index in [0.29, 0.717) is 6.04 Å². The lowest BCUT2D eigenvalue weighted by molar-refractivity contribution is 0.200. The first-order chi connectivity index (χ1) is 21.7. The van der Waals surface area contributed by atoms with Gasteiger partial charge in [-0.25, -0.2) is 0 Å².